The Hall–Kier alpha value is -2.96. The summed E-state index contributed by atoms with van der Waals surface area (Å²) >= 11 is 0. The highest BCUT2D eigenvalue weighted by molar-refractivity contribution is 7.89. The first-order valence-electron chi connectivity index (χ1n) is 12.6. The maximum absolute atomic E-state index is 13.2. The molecule has 1 fully saturated rings. The maximum atomic E-state index is 13.2. The molecular formula is C27H34N2O8S. The number of ether oxygens (including phenoxy) is 4. The summed E-state index contributed by atoms with van der Waals surface area (Å²) < 4.78 is 49.9. The second-order valence-electron chi connectivity index (χ2n) is 8.91. The topological polar surface area (TPSA) is 115 Å². The van der Waals surface area contributed by atoms with Gasteiger partial charge in [-0.15, -0.1) is 0 Å². The number of carbonyl (C=O) groups excluding carboxylic acids is 1. The number of aliphatic hydroxyl groups excluding tert-OH is 1. The van der Waals surface area contributed by atoms with Gasteiger partial charge in [-0.3, -0.25) is 4.79 Å². The summed E-state index contributed by atoms with van der Waals surface area (Å²) in [4.78, 5) is 15.0. The molecule has 2 aliphatic rings. The number of amides is 1. The maximum Gasteiger partial charge on any atom is 0.288 e. The van der Waals surface area contributed by atoms with Crippen LogP contribution < -0.4 is 4.74 Å². The molecule has 0 bridgehead atoms. The number of allylic oxidation sites excluding steroid dienone is 1. The molecule has 2 atom stereocenters. The zero-order chi connectivity index (χ0) is 27.0. The van der Waals surface area contributed by atoms with E-state index in [0.717, 1.165) is 5.56 Å². The van der Waals surface area contributed by atoms with Crippen molar-refractivity contribution in [3.8, 4) is 5.75 Å². The second kappa shape index (κ2) is 13.2. The number of sulfonamides is 1. The van der Waals surface area contributed by atoms with E-state index in [1.54, 1.807) is 17.0 Å². The van der Waals surface area contributed by atoms with Gasteiger partial charge in [-0.05, 0) is 35.9 Å². The number of morpholine rings is 1. The van der Waals surface area contributed by atoms with E-state index in [1.807, 2.05) is 36.4 Å². The second-order valence-corrected chi connectivity index (χ2v) is 10.8. The van der Waals surface area contributed by atoms with E-state index in [2.05, 4.69) is 0 Å². The first kappa shape index (κ1) is 28.1. The van der Waals surface area contributed by atoms with Crippen LogP contribution >= 0.6 is 0 Å². The van der Waals surface area contributed by atoms with Crippen molar-refractivity contribution in [3.05, 3.63) is 72.0 Å². The molecular weight excluding hydrogens is 512 g/mol. The van der Waals surface area contributed by atoms with Gasteiger partial charge in [0, 0.05) is 38.5 Å². The first-order chi connectivity index (χ1) is 18.4. The minimum absolute atomic E-state index is 0.00123. The van der Waals surface area contributed by atoms with Crippen LogP contribution in [0, 0.1) is 0 Å². The highest BCUT2D eigenvalue weighted by Crippen LogP contribution is 2.32. The molecule has 2 unspecified atom stereocenters. The predicted octanol–water partition coefficient (Wildman–Crippen LogP) is 1.97. The monoisotopic (exact) mass is 546 g/mol. The molecule has 0 spiro atoms. The van der Waals surface area contributed by atoms with Crippen LogP contribution in [0.25, 0.3) is 0 Å². The van der Waals surface area contributed by atoms with Crippen LogP contribution in [0.2, 0.25) is 0 Å². The van der Waals surface area contributed by atoms with Crippen molar-refractivity contribution in [3.63, 3.8) is 0 Å². The number of hydrogen-bond acceptors (Lipinski definition) is 8. The van der Waals surface area contributed by atoms with Gasteiger partial charge in [0.15, 0.2) is 5.76 Å². The third-order valence-electron chi connectivity index (χ3n) is 6.49. The molecule has 0 aromatic heterocycles. The summed E-state index contributed by atoms with van der Waals surface area (Å²) in [5.74, 6) is 0.437. The summed E-state index contributed by atoms with van der Waals surface area (Å²) in [5.41, 5.74) is 1.03. The Kier molecular flexibility index (Phi) is 9.75. The summed E-state index contributed by atoms with van der Waals surface area (Å²) in [5, 5.41) is 9.51. The van der Waals surface area contributed by atoms with Crippen LogP contribution in [0.5, 0.6) is 5.75 Å². The van der Waals surface area contributed by atoms with Crippen LogP contribution in [-0.2, 0) is 29.0 Å². The van der Waals surface area contributed by atoms with E-state index >= 15 is 0 Å². The first-order valence-corrected chi connectivity index (χ1v) is 14.0. The predicted molar refractivity (Wildman–Crippen MR) is 139 cm³/mol. The Balaban J connectivity index is 1.44. The zero-order valence-corrected chi connectivity index (χ0v) is 22.2. The lowest BCUT2D eigenvalue weighted by Crippen LogP contribution is -2.43. The van der Waals surface area contributed by atoms with E-state index in [1.165, 1.54) is 23.5 Å². The number of nitrogens with zero attached hydrogens (tertiary/aromatic N) is 2. The van der Waals surface area contributed by atoms with Crippen molar-refractivity contribution in [2.24, 2.45) is 0 Å². The fraction of sp³-hybridized carbons (Fsp3) is 0.444. The minimum atomic E-state index is -3.87. The molecule has 10 nitrogen and oxygen atoms in total. The lowest BCUT2D eigenvalue weighted by atomic mass is 9.93. The molecule has 0 aliphatic carbocycles. The lowest BCUT2D eigenvalue weighted by Gasteiger charge is -2.33. The van der Waals surface area contributed by atoms with E-state index < -0.39 is 16.3 Å². The molecule has 206 valence electrons. The number of carbonyl (C=O) groups is 1. The summed E-state index contributed by atoms with van der Waals surface area (Å²) in [6.07, 6.45) is 1.55. The van der Waals surface area contributed by atoms with Gasteiger partial charge < -0.3 is 29.0 Å². The van der Waals surface area contributed by atoms with Crippen LogP contribution in [-0.4, -0.2) is 94.6 Å². The number of hydrogen-bond donors (Lipinski definition) is 1. The highest BCUT2D eigenvalue weighted by atomic mass is 32.2. The highest BCUT2D eigenvalue weighted by Gasteiger charge is 2.32. The zero-order valence-electron chi connectivity index (χ0n) is 21.4. The molecule has 2 aromatic rings. The Morgan fingerprint density at radius 3 is 2.45 bits per heavy atom. The summed E-state index contributed by atoms with van der Waals surface area (Å²) in [7, 11) is -2.37. The van der Waals surface area contributed by atoms with Gasteiger partial charge in [0.1, 0.15) is 5.75 Å². The number of aliphatic hydroxyl groups is 1. The fourth-order valence-electron chi connectivity index (χ4n) is 4.41. The molecule has 1 N–H and O–H groups in total. The van der Waals surface area contributed by atoms with E-state index in [-0.39, 0.29) is 48.8 Å². The lowest BCUT2D eigenvalue weighted by molar-refractivity contribution is -0.155. The van der Waals surface area contributed by atoms with E-state index in [0.29, 0.717) is 38.5 Å². The average Bonchev–Trinajstić information content (AvgIpc) is 2.97. The standard InChI is InChI=1S/C27H34N2O8S/c1-34-23-7-9-24(10-8-23)38(32,33)29(11-15-30)14-18-36-26-20-22(21-5-3-2-4-6-21)19-25(37-26)27(31)28-12-16-35-17-13-28/h2-10,19,22,26,30H,11-18,20H2,1H3. The third kappa shape index (κ3) is 6.91. The molecule has 0 saturated carbocycles. The number of methoxy groups -OCH3 is 1. The van der Waals surface area contributed by atoms with Crippen molar-refractivity contribution in [1.82, 2.24) is 9.21 Å². The largest absolute Gasteiger partial charge is 0.497 e. The average molecular weight is 547 g/mol. The minimum Gasteiger partial charge on any atom is -0.497 e. The van der Waals surface area contributed by atoms with Crippen LogP contribution in [0.3, 0.4) is 0 Å². The molecule has 2 aromatic carbocycles. The quantitative estimate of drug-likeness (QED) is 0.455. The van der Waals surface area contributed by atoms with E-state index in [4.69, 9.17) is 18.9 Å². The van der Waals surface area contributed by atoms with Gasteiger partial charge in [-0.25, -0.2) is 8.42 Å². The van der Waals surface area contributed by atoms with Gasteiger partial charge in [-0.1, -0.05) is 30.3 Å². The van der Waals surface area contributed by atoms with Crippen molar-refractivity contribution in [2.75, 3.05) is 59.7 Å². The van der Waals surface area contributed by atoms with Crippen molar-refractivity contribution < 1.29 is 37.3 Å². The molecule has 0 radical (unpaired) electrons. The van der Waals surface area contributed by atoms with Crippen molar-refractivity contribution >= 4 is 15.9 Å². The van der Waals surface area contributed by atoms with Gasteiger partial charge in [0.2, 0.25) is 16.3 Å². The van der Waals surface area contributed by atoms with Crippen LogP contribution in [0.15, 0.2) is 71.3 Å². The summed E-state index contributed by atoms with van der Waals surface area (Å²) in [6.45, 7) is 1.51. The van der Waals surface area contributed by atoms with Crippen molar-refractivity contribution in [1.29, 1.82) is 0 Å². The molecule has 4 rings (SSSR count). The molecule has 1 saturated heterocycles. The Morgan fingerprint density at radius 1 is 1.08 bits per heavy atom. The fourth-order valence-corrected chi connectivity index (χ4v) is 5.83. The molecule has 11 heteroatoms. The smallest absolute Gasteiger partial charge is 0.288 e. The number of rotatable bonds is 11. The molecule has 1 amide bonds. The van der Waals surface area contributed by atoms with Crippen molar-refractivity contribution in [2.45, 2.75) is 23.5 Å². The SMILES string of the molecule is COc1ccc(S(=O)(=O)N(CCO)CCOC2CC(c3ccccc3)C=C(C(=O)N3CCOCC3)O2)cc1. The third-order valence-corrected chi connectivity index (χ3v) is 8.40. The Bertz CT molecular complexity index is 1180. The van der Waals surface area contributed by atoms with Crippen LogP contribution in [0.1, 0.15) is 17.9 Å². The Labute approximate surface area is 223 Å². The van der Waals surface area contributed by atoms with Gasteiger partial charge in [0.25, 0.3) is 5.91 Å². The van der Waals surface area contributed by atoms with Gasteiger partial charge in [0.05, 0.1) is 38.4 Å². The van der Waals surface area contributed by atoms with Gasteiger partial charge in [-0.2, -0.15) is 4.31 Å². The Morgan fingerprint density at radius 2 is 1.79 bits per heavy atom. The van der Waals surface area contributed by atoms with E-state index in [9.17, 15) is 18.3 Å². The molecule has 2 aliphatic heterocycles. The molecule has 2 heterocycles. The normalized spacial score (nSPS) is 20.1. The van der Waals surface area contributed by atoms with Crippen LogP contribution in [0.4, 0.5) is 0 Å². The number of benzene rings is 2. The summed E-state index contributed by atoms with van der Waals surface area (Å²) in [6, 6.07) is 15.8. The van der Waals surface area contributed by atoms with Gasteiger partial charge >= 0.3 is 0 Å². The molecule has 38 heavy (non-hydrogen) atoms.